The minimum Gasteiger partial charge on any atom is -0.357 e. The minimum atomic E-state index is -0.818. The number of nitrogens with zero attached hydrogens (tertiary/aromatic N) is 4. The Kier molecular flexibility index (Phi) is 4.15. The lowest BCUT2D eigenvalue weighted by molar-refractivity contribution is -0.197. The molecule has 4 atom stereocenters. The molecule has 1 N–H and O–H groups in total. The molecule has 2 aromatic heterocycles. The van der Waals surface area contributed by atoms with E-state index >= 15 is 0 Å². The maximum absolute atomic E-state index is 12.2. The van der Waals surface area contributed by atoms with Crippen molar-refractivity contribution >= 4 is 51.3 Å². The van der Waals surface area contributed by atoms with Gasteiger partial charge in [0.2, 0.25) is 5.28 Å². The third-order valence-corrected chi connectivity index (χ3v) is 5.08. The van der Waals surface area contributed by atoms with Gasteiger partial charge in [-0.05, 0) is 48.0 Å². The number of halogens is 2. The molecule has 0 aliphatic carbocycles. The molecule has 2 aliphatic heterocycles. The lowest BCUT2D eigenvalue weighted by atomic mass is 10.1. The van der Waals surface area contributed by atoms with Crippen LogP contribution in [0.25, 0.3) is 11.2 Å². The number of imidazole rings is 1. The average Bonchev–Trinajstić information content (AvgIpc) is 3.17. The molecule has 1 amide bonds. The summed E-state index contributed by atoms with van der Waals surface area (Å²) in [5.74, 6) is -1.09. The van der Waals surface area contributed by atoms with Crippen molar-refractivity contribution in [3.8, 4) is 0 Å². The molecular formula is C14H15ClIN5O4. The molecule has 2 fully saturated rings. The summed E-state index contributed by atoms with van der Waals surface area (Å²) in [5.41, 5.74) is 1.12. The van der Waals surface area contributed by atoms with Crippen molar-refractivity contribution in [3.05, 3.63) is 15.3 Å². The second-order valence-electron chi connectivity index (χ2n) is 6.23. The van der Waals surface area contributed by atoms with Crippen molar-refractivity contribution < 1.29 is 19.0 Å². The summed E-state index contributed by atoms with van der Waals surface area (Å²) in [7, 11) is 1.55. The Morgan fingerprint density at radius 3 is 2.80 bits per heavy atom. The van der Waals surface area contributed by atoms with E-state index in [-0.39, 0.29) is 11.2 Å². The summed E-state index contributed by atoms with van der Waals surface area (Å²) in [6.45, 7) is 3.61. The number of amides is 1. The van der Waals surface area contributed by atoms with Gasteiger partial charge in [-0.15, -0.1) is 0 Å². The van der Waals surface area contributed by atoms with E-state index in [1.54, 1.807) is 31.8 Å². The van der Waals surface area contributed by atoms with Crippen molar-refractivity contribution in [1.29, 1.82) is 0 Å². The number of aromatic nitrogens is 4. The van der Waals surface area contributed by atoms with Crippen molar-refractivity contribution in [2.45, 2.75) is 44.2 Å². The predicted molar refractivity (Wildman–Crippen MR) is 94.9 cm³/mol. The van der Waals surface area contributed by atoms with Gasteiger partial charge in [-0.3, -0.25) is 9.36 Å². The van der Waals surface area contributed by atoms with Crippen LogP contribution >= 0.6 is 34.2 Å². The highest BCUT2D eigenvalue weighted by molar-refractivity contribution is 14.1. The van der Waals surface area contributed by atoms with Crippen LogP contribution in [0.1, 0.15) is 20.1 Å². The standard InChI is InChI=1S/C14H15ClIN5O4/c1-14(2)24-6-7(11(22)17-3)23-12(8(6)25-14)21-4-18-5-9(16)19-13(15)20-10(5)21/h4,6-8,12H,1-3H3,(H,17,22)/t6-,7+,8-,12-/m1/s1. The molecule has 134 valence electrons. The van der Waals surface area contributed by atoms with Crippen molar-refractivity contribution in [2.75, 3.05) is 7.05 Å². The summed E-state index contributed by atoms with van der Waals surface area (Å²) in [4.78, 5) is 24.9. The topological polar surface area (TPSA) is 100 Å². The highest BCUT2D eigenvalue weighted by Gasteiger charge is 2.58. The van der Waals surface area contributed by atoms with E-state index in [2.05, 4.69) is 20.3 Å². The van der Waals surface area contributed by atoms with Gasteiger partial charge in [-0.25, -0.2) is 9.97 Å². The van der Waals surface area contributed by atoms with Gasteiger partial charge in [0.1, 0.15) is 21.4 Å². The van der Waals surface area contributed by atoms with Crippen molar-refractivity contribution in [2.24, 2.45) is 0 Å². The highest BCUT2D eigenvalue weighted by atomic mass is 127. The van der Waals surface area contributed by atoms with Crippen molar-refractivity contribution in [1.82, 2.24) is 24.8 Å². The fourth-order valence-electron chi connectivity index (χ4n) is 3.20. The second-order valence-corrected chi connectivity index (χ2v) is 7.59. The molecule has 2 saturated heterocycles. The minimum absolute atomic E-state index is 0.111. The molecule has 2 aliphatic rings. The van der Waals surface area contributed by atoms with E-state index in [0.717, 1.165) is 0 Å². The van der Waals surface area contributed by atoms with Crippen LogP contribution < -0.4 is 5.32 Å². The van der Waals surface area contributed by atoms with E-state index < -0.39 is 30.3 Å². The Morgan fingerprint density at radius 2 is 2.08 bits per heavy atom. The monoisotopic (exact) mass is 479 g/mol. The van der Waals surface area contributed by atoms with Crippen LogP contribution in [0.3, 0.4) is 0 Å². The van der Waals surface area contributed by atoms with Crippen LogP contribution in [0.4, 0.5) is 0 Å². The quantitative estimate of drug-likeness (QED) is 0.393. The van der Waals surface area contributed by atoms with Gasteiger partial charge in [0.15, 0.2) is 23.8 Å². The summed E-state index contributed by atoms with van der Waals surface area (Å²) >= 11 is 8.03. The van der Waals surface area contributed by atoms with Gasteiger partial charge in [-0.1, -0.05) is 0 Å². The Morgan fingerprint density at radius 1 is 1.36 bits per heavy atom. The molecule has 4 heterocycles. The molecule has 25 heavy (non-hydrogen) atoms. The van der Waals surface area contributed by atoms with Gasteiger partial charge >= 0.3 is 0 Å². The number of likely N-dealkylation sites (N-methyl/N-ethyl adjacent to an activating group) is 1. The summed E-state index contributed by atoms with van der Waals surface area (Å²) in [5, 5.41) is 2.71. The van der Waals surface area contributed by atoms with Gasteiger partial charge in [0.25, 0.3) is 5.91 Å². The Labute approximate surface area is 161 Å². The molecule has 9 nitrogen and oxygen atoms in total. The lowest BCUT2D eigenvalue weighted by Gasteiger charge is -2.24. The van der Waals surface area contributed by atoms with Crippen LogP contribution in [-0.4, -0.2) is 56.6 Å². The van der Waals surface area contributed by atoms with Gasteiger partial charge in [-0.2, -0.15) is 4.98 Å². The Hall–Kier alpha value is -1.08. The predicted octanol–water partition coefficient (Wildman–Crippen LogP) is 1.25. The fraction of sp³-hybridized carbons (Fsp3) is 0.571. The summed E-state index contributed by atoms with van der Waals surface area (Å²) < 4.78 is 20.2. The van der Waals surface area contributed by atoms with Crippen LogP contribution in [0.5, 0.6) is 0 Å². The lowest BCUT2D eigenvalue weighted by Crippen LogP contribution is -2.41. The first-order valence-corrected chi connectivity index (χ1v) is 9.04. The largest absolute Gasteiger partial charge is 0.357 e. The Bertz CT molecular complexity index is 859. The molecule has 4 rings (SSSR count). The van der Waals surface area contributed by atoms with Gasteiger partial charge in [0.05, 0.1) is 6.33 Å². The first-order chi connectivity index (χ1) is 11.8. The molecule has 0 spiro atoms. The number of rotatable bonds is 2. The zero-order valence-electron chi connectivity index (χ0n) is 13.6. The van der Waals surface area contributed by atoms with Crippen LogP contribution in [-0.2, 0) is 19.0 Å². The number of hydrogen-bond donors (Lipinski definition) is 1. The number of ether oxygens (including phenoxy) is 3. The molecule has 0 bridgehead atoms. The summed E-state index contributed by atoms with van der Waals surface area (Å²) in [6, 6.07) is 0. The van der Waals surface area contributed by atoms with Crippen molar-refractivity contribution in [3.63, 3.8) is 0 Å². The molecular weight excluding hydrogens is 465 g/mol. The molecule has 0 unspecified atom stereocenters. The van der Waals surface area contributed by atoms with E-state index in [1.165, 1.54) is 0 Å². The Balaban J connectivity index is 1.79. The summed E-state index contributed by atoms with van der Waals surface area (Å²) in [6.07, 6.45) is -0.855. The third-order valence-electron chi connectivity index (χ3n) is 4.16. The van der Waals surface area contributed by atoms with Gasteiger partial charge in [0, 0.05) is 7.05 Å². The number of hydrogen-bond acceptors (Lipinski definition) is 7. The normalized spacial score (nSPS) is 30.6. The maximum Gasteiger partial charge on any atom is 0.251 e. The highest BCUT2D eigenvalue weighted by Crippen LogP contribution is 2.43. The molecule has 0 aromatic carbocycles. The third kappa shape index (κ3) is 2.79. The van der Waals surface area contributed by atoms with E-state index in [9.17, 15) is 4.79 Å². The molecule has 0 radical (unpaired) electrons. The molecule has 0 saturated carbocycles. The SMILES string of the molecule is CNC(=O)[C@H]1O[C@@H](n2cnc3c(I)nc(Cl)nc32)[C@@H]2OC(C)(C)O[C@@H]21. The molecule has 11 heteroatoms. The first-order valence-electron chi connectivity index (χ1n) is 7.59. The van der Waals surface area contributed by atoms with Crippen LogP contribution in [0, 0.1) is 3.70 Å². The van der Waals surface area contributed by atoms with Crippen LogP contribution in [0.2, 0.25) is 5.28 Å². The van der Waals surface area contributed by atoms with E-state index in [4.69, 9.17) is 25.8 Å². The number of nitrogens with one attached hydrogen (secondary N) is 1. The fourth-order valence-corrected chi connectivity index (χ4v) is 4.11. The number of carbonyl (C=O) groups is 1. The zero-order valence-corrected chi connectivity index (χ0v) is 16.5. The average molecular weight is 480 g/mol. The first kappa shape index (κ1) is 17.3. The van der Waals surface area contributed by atoms with Gasteiger partial charge < -0.3 is 19.5 Å². The number of fused-ring (bicyclic) bond motifs is 2. The van der Waals surface area contributed by atoms with E-state index in [1.807, 2.05) is 22.6 Å². The zero-order chi connectivity index (χ0) is 17.9. The van der Waals surface area contributed by atoms with E-state index in [0.29, 0.717) is 14.9 Å². The maximum atomic E-state index is 12.2. The number of carbonyl (C=O) groups excluding carboxylic acids is 1. The van der Waals surface area contributed by atoms with Crippen LogP contribution in [0.15, 0.2) is 6.33 Å². The second kappa shape index (κ2) is 5.98. The molecule has 2 aromatic rings. The smallest absolute Gasteiger partial charge is 0.251 e.